The highest BCUT2D eigenvalue weighted by Crippen LogP contribution is 2.27. The molecule has 0 aliphatic heterocycles. The van der Waals surface area contributed by atoms with Gasteiger partial charge in [0.15, 0.2) is 0 Å². The molecule has 0 amide bonds. The largest absolute Gasteiger partial charge is 0.383 e. The first-order valence-electron chi connectivity index (χ1n) is 7.70. The Morgan fingerprint density at radius 2 is 1.60 bits per heavy atom. The predicted octanol–water partition coefficient (Wildman–Crippen LogP) is 3.95. The third-order valence-corrected chi connectivity index (χ3v) is 4.25. The van der Waals surface area contributed by atoms with E-state index in [4.69, 9.17) is 5.73 Å². The topological polar surface area (TPSA) is 55.0 Å². The van der Waals surface area contributed by atoms with Crippen LogP contribution in [0.25, 0.3) is 11.1 Å². The van der Waals surface area contributed by atoms with Crippen molar-refractivity contribution in [1.82, 2.24) is 9.97 Å². The summed E-state index contributed by atoms with van der Waals surface area (Å²) < 4.78 is 1.00. The summed E-state index contributed by atoms with van der Waals surface area (Å²) in [6, 6.07) is 15.9. The molecule has 25 heavy (non-hydrogen) atoms. The average molecular weight is 393 g/mol. The van der Waals surface area contributed by atoms with Gasteiger partial charge in [0, 0.05) is 29.8 Å². The van der Waals surface area contributed by atoms with E-state index in [2.05, 4.69) is 37.7 Å². The van der Waals surface area contributed by atoms with Crippen LogP contribution < -0.4 is 10.6 Å². The van der Waals surface area contributed by atoms with Crippen LogP contribution in [0.5, 0.6) is 0 Å². The van der Waals surface area contributed by atoms with Crippen molar-refractivity contribution in [3.63, 3.8) is 0 Å². The fourth-order valence-electron chi connectivity index (χ4n) is 2.37. The lowest BCUT2D eigenvalue weighted by Gasteiger charge is -2.11. The molecule has 5 heteroatoms. The number of hydrogen-bond acceptors (Lipinski definition) is 4. The van der Waals surface area contributed by atoms with E-state index in [9.17, 15) is 0 Å². The van der Waals surface area contributed by atoms with Gasteiger partial charge in [-0.2, -0.15) is 0 Å². The van der Waals surface area contributed by atoms with Crippen molar-refractivity contribution in [3.8, 4) is 23.0 Å². The monoisotopic (exact) mass is 392 g/mol. The van der Waals surface area contributed by atoms with Crippen molar-refractivity contribution in [2.45, 2.75) is 0 Å². The van der Waals surface area contributed by atoms with Crippen molar-refractivity contribution >= 4 is 27.4 Å². The Morgan fingerprint density at radius 3 is 2.24 bits per heavy atom. The molecular weight excluding hydrogens is 376 g/mol. The zero-order valence-corrected chi connectivity index (χ0v) is 15.6. The molecule has 124 valence electrons. The Bertz CT molecular complexity index is 936. The Hall–Kier alpha value is -2.84. The van der Waals surface area contributed by atoms with Crippen LogP contribution in [0.1, 0.15) is 11.3 Å². The lowest BCUT2D eigenvalue weighted by Crippen LogP contribution is -2.07. The van der Waals surface area contributed by atoms with Gasteiger partial charge in [-0.15, -0.1) is 0 Å². The molecule has 2 N–H and O–H groups in total. The minimum Gasteiger partial charge on any atom is -0.383 e. The van der Waals surface area contributed by atoms with Crippen LogP contribution >= 0.6 is 15.9 Å². The normalized spacial score (nSPS) is 10.0. The van der Waals surface area contributed by atoms with Crippen molar-refractivity contribution in [2.75, 3.05) is 24.7 Å². The molecule has 1 aromatic heterocycles. The van der Waals surface area contributed by atoms with Gasteiger partial charge in [-0.05, 0) is 47.9 Å². The fraction of sp³-hybridized carbons (Fsp3) is 0.100. The Morgan fingerprint density at radius 1 is 0.920 bits per heavy atom. The standard InChI is InChI=1S/C20H17BrN4/c1-25(2)17-10-3-14(4-11-17)5-12-18-19(20(22)24-13-23-18)15-6-8-16(21)9-7-15/h3-4,6-11,13H,1-2H3,(H2,22,23,24). The van der Waals surface area contributed by atoms with Crippen LogP contribution in [0.3, 0.4) is 0 Å². The number of nitrogens with two attached hydrogens (primary N) is 1. The molecule has 0 saturated heterocycles. The van der Waals surface area contributed by atoms with Crippen LogP contribution in [-0.4, -0.2) is 24.1 Å². The molecule has 0 aliphatic carbocycles. The summed E-state index contributed by atoms with van der Waals surface area (Å²) in [4.78, 5) is 10.5. The van der Waals surface area contributed by atoms with E-state index in [0.29, 0.717) is 11.5 Å². The van der Waals surface area contributed by atoms with Crippen LogP contribution in [0, 0.1) is 11.8 Å². The van der Waals surface area contributed by atoms with E-state index in [1.54, 1.807) is 0 Å². The zero-order chi connectivity index (χ0) is 17.8. The third kappa shape index (κ3) is 3.98. The average Bonchev–Trinajstić information content (AvgIpc) is 2.61. The summed E-state index contributed by atoms with van der Waals surface area (Å²) in [5.41, 5.74) is 10.4. The number of nitrogen functional groups attached to an aromatic ring is 1. The molecule has 2 aromatic carbocycles. The van der Waals surface area contributed by atoms with Gasteiger partial charge in [0.1, 0.15) is 17.8 Å². The lowest BCUT2D eigenvalue weighted by molar-refractivity contribution is 1.13. The van der Waals surface area contributed by atoms with Crippen LogP contribution in [0.15, 0.2) is 59.3 Å². The number of rotatable bonds is 2. The zero-order valence-electron chi connectivity index (χ0n) is 14.0. The molecule has 4 nitrogen and oxygen atoms in total. The molecule has 0 radical (unpaired) electrons. The van der Waals surface area contributed by atoms with E-state index in [1.165, 1.54) is 6.33 Å². The minimum atomic E-state index is 0.421. The molecule has 0 spiro atoms. The maximum absolute atomic E-state index is 6.08. The third-order valence-electron chi connectivity index (χ3n) is 3.72. The number of nitrogens with zero attached hydrogens (tertiary/aromatic N) is 3. The van der Waals surface area contributed by atoms with E-state index in [1.807, 2.05) is 67.5 Å². The van der Waals surface area contributed by atoms with Gasteiger partial charge in [-0.1, -0.05) is 34.0 Å². The van der Waals surface area contributed by atoms with E-state index >= 15 is 0 Å². The number of anilines is 2. The van der Waals surface area contributed by atoms with Gasteiger partial charge in [-0.3, -0.25) is 0 Å². The minimum absolute atomic E-state index is 0.421. The summed E-state index contributed by atoms with van der Waals surface area (Å²) >= 11 is 3.44. The number of aromatic nitrogens is 2. The van der Waals surface area contributed by atoms with E-state index in [-0.39, 0.29) is 0 Å². The highest BCUT2D eigenvalue weighted by atomic mass is 79.9. The van der Waals surface area contributed by atoms with Crippen LogP contribution in [-0.2, 0) is 0 Å². The van der Waals surface area contributed by atoms with Crippen molar-refractivity contribution in [1.29, 1.82) is 0 Å². The molecular formula is C20H17BrN4. The van der Waals surface area contributed by atoms with Crippen molar-refractivity contribution < 1.29 is 0 Å². The summed E-state index contributed by atoms with van der Waals surface area (Å²) in [7, 11) is 4.02. The maximum Gasteiger partial charge on any atom is 0.135 e. The van der Waals surface area contributed by atoms with Crippen LogP contribution in [0.4, 0.5) is 11.5 Å². The van der Waals surface area contributed by atoms with Crippen LogP contribution in [0.2, 0.25) is 0 Å². The Balaban J connectivity index is 1.99. The Kier molecular flexibility index (Phi) is 5.01. The van der Waals surface area contributed by atoms with Gasteiger partial charge in [-0.25, -0.2) is 9.97 Å². The second-order valence-corrected chi connectivity index (χ2v) is 6.60. The maximum atomic E-state index is 6.08. The summed E-state index contributed by atoms with van der Waals surface area (Å²) in [6.45, 7) is 0. The number of benzene rings is 2. The van der Waals surface area contributed by atoms with Gasteiger partial charge in [0.2, 0.25) is 0 Å². The first kappa shape index (κ1) is 17.0. The smallest absolute Gasteiger partial charge is 0.135 e. The van der Waals surface area contributed by atoms with Gasteiger partial charge in [0.05, 0.1) is 5.56 Å². The number of hydrogen-bond donors (Lipinski definition) is 1. The van der Waals surface area contributed by atoms with Crippen molar-refractivity contribution in [2.24, 2.45) is 0 Å². The van der Waals surface area contributed by atoms with Gasteiger partial charge < -0.3 is 10.6 Å². The quantitative estimate of drug-likeness (QED) is 0.670. The summed E-state index contributed by atoms with van der Waals surface area (Å²) in [5, 5.41) is 0. The molecule has 0 bridgehead atoms. The highest BCUT2D eigenvalue weighted by Gasteiger charge is 2.10. The molecule has 0 aliphatic rings. The van der Waals surface area contributed by atoms with Crippen molar-refractivity contribution in [3.05, 3.63) is 70.6 Å². The molecule has 3 aromatic rings. The SMILES string of the molecule is CN(C)c1ccc(C#Cc2ncnc(N)c2-c2ccc(Br)cc2)cc1. The van der Waals surface area contributed by atoms with Gasteiger partial charge in [0.25, 0.3) is 0 Å². The second-order valence-electron chi connectivity index (χ2n) is 5.68. The second kappa shape index (κ2) is 7.37. The molecule has 3 rings (SSSR count). The highest BCUT2D eigenvalue weighted by molar-refractivity contribution is 9.10. The van der Waals surface area contributed by atoms with E-state index in [0.717, 1.165) is 26.9 Å². The molecule has 0 atom stereocenters. The summed E-state index contributed by atoms with van der Waals surface area (Å²) in [6.07, 6.45) is 1.44. The number of halogens is 1. The molecule has 0 unspecified atom stereocenters. The lowest BCUT2D eigenvalue weighted by atomic mass is 10.0. The molecule has 0 saturated carbocycles. The molecule has 0 fully saturated rings. The Labute approximate surface area is 155 Å². The predicted molar refractivity (Wildman–Crippen MR) is 106 cm³/mol. The molecule has 1 heterocycles. The van der Waals surface area contributed by atoms with Gasteiger partial charge >= 0.3 is 0 Å². The first-order chi connectivity index (χ1) is 12.0. The summed E-state index contributed by atoms with van der Waals surface area (Å²) in [5.74, 6) is 6.70. The van der Waals surface area contributed by atoms with E-state index < -0.39 is 0 Å². The first-order valence-corrected chi connectivity index (χ1v) is 8.50. The fourth-order valence-corrected chi connectivity index (χ4v) is 2.63.